The zero-order valence-electron chi connectivity index (χ0n) is 16.8. The van der Waals surface area contributed by atoms with Crippen LogP contribution in [-0.2, 0) is 11.2 Å². The summed E-state index contributed by atoms with van der Waals surface area (Å²) < 4.78 is 20.3. The molecule has 0 atom stereocenters. The normalized spacial score (nSPS) is 14.2. The van der Waals surface area contributed by atoms with E-state index < -0.39 is 0 Å². The van der Waals surface area contributed by atoms with Crippen molar-refractivity contribution in [3.63, 3.8) is 0 Å². The van der Waals surface area contributed by atoms with Crippen LogP contribution in [0.25, 0.3) is 22.2 Å². The second-order valence-electron chi connectivity index (χ2n) is 7.45. The Morgan fingerprint density at radius 1 is 1.03 bits per heavy atom. The van der Waals surface area contributed by atoms with Crippen LogP contribution < -0.4 is 10.6 Å². The van der Waals surface area contributed by atoms with E-state index in [2.05, 4.69) is 24.8 Å². The van der Waals surface area contributed by atoms with Gasteiger partial charge in [0.05, 0.1) is 36.3 Å². The van der Waals surface area contributed by atoms with E-state index in [1.54, 1.807) is 18.3 Å². The molecule has 4 aromatic rings. The van der Waals surface area contributed by atoms with E-state index in [1.165, 1.54) is 18.6 Å². The summed E-state index contributed by atoms with van der Waals surface area (Å²) in [6.45, 7) is 3.10. The number of aromatic nitrogens is 4. The molecular formula is C23H21FN6O. The lowest BCUT2D eigenvalue weighted by Gasteiger charge is -2.29. The Morgan fingerprint density at radius 2 is 1.90 bits per heavy atom. The molecule has 5 rings (SSSR count). The number of ether oxygens (including phenoxy) is 1. The summed E-state index contributed by atoms with van der Waals surface area (Å²) in [6.07, 6.45) is 5.14. The molecular weight excluding hydrogens is 395 g/mol. The van der Waals surface area contributed by atoms with Crippen LogP contribution in [0.1, 0.15) is 11.3 Å². The second kappa shape index (κ2) is 8.23. The van der Waals surface area contributed by atoms with Crippen LogP contribution in [0.4, 0.5) is 15.9 Å². The van der Waals surface area contributed by atoms with E-state index in [0.717, 1.165) is 40.9 Å². The third kappa shape index (κ3) is 4.02. The van der Waals surface area contributed by atoms with Gasteiger partial charge in [-0.1, -0.05) is 6.07 Å². The fraction of sp³-hybridized carbons (Fsp3) is 0.217. The number of morpholine rings is 1. The van der Waals surface area contributed by atoms with Crippen molar-refractivity contribution in [2.24, 2.45) is 0 Å². The van der Waals surface area contributed by atoms with E-state index >= 15 is 0 Å². The van der Waals surface area contributed by atoms with Gasteiger partial charge in [0.1, 0.15) is 18.0 Å². The summed E-state index contributed by atoms with van der Waals surface area (Å²) >= 11 is 0. The third-order valence-corrected chi connectivity index (χ3v) is 5.37. The minimum atomic E-state index is -0.334. The molecule has 0 aliphatic carbocycles. The molecule has 1 aliphatic rings. The molecule has 31 heavy (non-hydrogen) atoms. The van der Waals surface area contributed by atoms with E-state index in [0.29, 0.717) is 36.7 Å². The van der Waals surface area contributed by atoms with Gasteiger partial charge < -0.3 is 15.4 Å². The highest BCUT2D eigenvalue weighted by molar-refractivity contribution is 5.94. The van der Waals surface area contributed by atoms with Crippen molar-refractivity contribution in [1.29, 1.82) is 0 Å². The standard InChI is InChI=1S/C23H21FN6O/c24-20-4-1-15(9-16-12-26-13-22(25)29-16)10-19(20)23-18-3-2-17(11-21(18)27-14-28-23)30-5-7-31-8-6-30/h1-4,10-14H,5-9H2,(H2,25,29). The molecule has 1 fully saturated rings. The number of nitrogens with zero attached hydrogens (tertiary/aromatic N) is 5. The first-order valence-electron chi connectivity index (χ1n) is 10.1. The molecule has 2 aromatic carbocycles. The quantitative estimate of drug-likeness (QED) is 0.546. The topological polar surface area (TPSA) is 90.0 Å². The average molecular weight is 416 g/mol. The van der Waals surface area contributed by atoms with Crippen LogP contribution in [-0.4, -0.2) is 46.2 Å². The molecule has 1 aliphatic heterocycles. The maximum atomic E-state index is 14.8. The number of hydrogen-bond acceptors (Lipinski definition) is 7. The molecule has 7 nitrogen and oxygen atoms in total. The van der Waals surface area contributed by atoms with Crippen molar-refractivity contribution in [2.75, 3.05) is 36.9 Å². The van der Waals surface area contributed by atoms with Gasteiger partial charge in [0.15, 0.2) is 0 Å². The second-order valence-corrected chi connectivity index (χ2v) is 7.45. The van der Waals surface area contributed by atoms with Gasteiger partial charge in [-0.05, 0) is 35.9 Å². The first-order chi connectivity index (χ1) is 15.2. The van der Waals surface area contributed by atoms with Crippen molar-refractivity contribution >= 4 is 22.4 Å². The van der Waals surface area contributed by atoms with Gasteiger partial charge in [0, 0.05) is 42.3 Å². The van der Waals surface area contributed by atoms with Crippen LogP contribution in [0.5, 0.6) is 0 Å². The highest BCUT2D eigenvalue weighted by Gasteiger charge is 2.16. The minimum absolute atomic E-state index is 0.334. The predicted octanol–water partition coefficient (Wildman–Crippen LogP) is 3.24. The summed E-state index contributed by atoms with van der Waals surface area (Å²) in [7, 11) is 0. The molecule has 156 valence electrons. The summed E-state index contributed by atoms with van der Waals surface area (Å²) in [5, 5.41) is 0.805. The Kier molecular flexibility index (Phi) is 5.13. The van der Waals surface area contributed by atoms with Gasteiger partial charge >= 0.3 is 0 Å². The number of fused-ring (bicyclic) bond motifs is 1. The van der Waals surface area contributed by atoms with Crippen molar-refractivity contribution in [1.82, 2.24) is 19.9 Å². The Bertz CT molecular complexity index is 1240. The maximum absolute atomic E-state index is 14.8. The summed E-state index contributed by atoms with van der Waals surface area (Å²) in [5.74, 6) is 0.0253. The largest absolute Gasteiger partial charge is 0.382 e. The average Bonchev–Trinajstić information content (AvgIpc) is 2.80. The van der Waals surface area contributed by atoms with E-state index in [9.17, 15) is 4.39 Å². The fourth-order valence-electron chi connectivity index (χ4n) is 3.86. The van der Waals surface area contributed by atoms with Crippen molar-refractivity contribution in [3.05, 3.63) is 72.2 Å². The van der Waals surface area contributed by atoms with Gasteiger partial charge in [-0.3, -0.25) is 4.98 Å². The molecule has 2 aromatic heterocycles. The van der Waals surface area contributed by atoms with Crippen molar-refractivity contribution in [3.8, 4) is 11.3 Å². The fourth-order valence-corrected chi connectivity index (χ4v) is 3.86. The number of nitrogens with two attached hydrogens (primary N) is 1. The molecule has 0 saturated carbocycles. The predicted molar refractivity (Wildman–Crippen MR) is 117 cm³/mol. The first kappa shape index (κ1) is 19.3. The van der Waals surface area contributed by atoms with Crippen LogP contribution in [0.15, 0.2) is 55.1 Å². The zero-order valence-corrected chi connectivity index (χ0v) is 16.8. The smallest absolute Gasteiger partial charge is 0.142 e. The van der Waals surface area contributed by atoms with Gasteiger partial charge in [0.2, 0.25) is 0 Å². The molecule has 0 amide bonds. The van der Waals surface area contributed by atoms with Crippen LogP contribution in [0.2, 0.25) is 0 Å². The first-order valence-corrected chi connectivity index (χ1v) is 10.1. The SMILES string of the molecule is Nc1cncc(Cc2ccc(F)c(-c3ncnc4cc(N5CCOCC5)ccc34)c2)n1. The summed E-state index contributed by atoms with van der Waals surface area (Å²) in [4.78, 5) is 19.5. The van der Waals surface area contributed by atoms with Gasteiger partial charge in [0.25, 0.3) is 0 Å². The molecule has 1 saturated heterocycles. The highest BCUT2D eigenvalue weighted by Crippen LogP contribution is 2.31. The summed E-state index contributed by atoms with van der Waals surface area (Å²) in [5.41, 5.74) is 10.2. The number of benzene rings is 2. The molecule has 0 bridgehead atoms. The lowest BCUT2D eigenvalue weighted by molar-refractivity contribution is 0.122. The zero-order chi connectivity index (χ0) is 21.2. The molecule has 0 unspecified atom stereocenters. The molecule has 3 heterocycles. The van der Waals surface area contributed by atoms with Crippen LogP contribution >= 0.6 is 0 Å². The number of rotatable bonds is 4. The lowest BCUT2D eigenvalue weighted by Crippen LogP contribution is -2.36. The van der Waals surface area contributed by atoms with Gasteiger partial charge in [-0.2, -0.15) is 0 Å². The Hall–Kier alpha value is -3.65. The van der Waals surface area contributed by atoms with E-state index in [1.807, 2.05) is 18.2 Å². The van der Waals surface area contributed by atoms with Gasteiger partial charge in [-0.25, -0.2) is 19.3 Å². The molecule has 0 radical (unpaired) electrons. The third-order valence-electron chi connectivity index (χ3n) is 5.37. The van der Waals surface area contributed by atoms with Gasteiger partial charge in [-0.15, -0.1) is 0 Å². The Labute approximate surface area is 178 Å². The van der Waals surface area contributed by atoms with Crippen LogP contribution in [0, 0.1) is 5.82 Å². The highest BCUT2D eigenvalue weighted by atomic mass is 19.1. The van der Waals surface area contributed by atoms with E-state index in [-0.39, 0.29) is 5.82 Å². The number of hydrogen-bond donors (Lipinski definition) is 1. The summed E-state index contributed by atoms with van der Waals surface area (Å²) in [6, 6.07) is 11.0. The van der Waals surface area contributed by atoms with Crippen LogP contribution in [0.3, 0.4) is 0 Å². The Balaban J connectivity index is 1.52. The van der Waals surface area contributed by atoms with Crippen molar-refractivity contribution in [2.45, 2.75) is 6.42 Å². The Morgan fingerprint density at radius 3 is 2.74 bits per heavy atom. The molecule has 0 spiro atoms. The molecule has 2 N–H and O–H groups in total. The van der Waals surface area contributed by atoms with Crippen molar-refractivity contribution < 1.29 is 9.13 Å². The maximum Gasteiger partial charge on any atom is 0.142 e. The monoisotopic (exact) mass is 416 g/mol. The number of nitrogen functional groups attached to an aromatic ring is 1. The lowest BCUT2D eigenvalue weighted by atomic mass is 10.0. The number of halogens is 1. The van der Waals surface area contributed by atoms with E-state index in [4.69, 9.17) is 10.5 Å². The number of anilines is 2. The molecule has 8 heteroatoms. The minimum Gasteiger partial charge on any atom is -0.382 e.